The first-order chi connectivity index (χ1) is 19.8. The van der Waals surface area contributed by atoms with Gasteiger partial charge in [0.05, 0.1) is 22.1 Å². The van der Waals surface area contributed by atoms with Crippen LogP contribution in [0.2, 0.25) is 0 Å². The summed E-state index contributed by atoms with van der Waals surface area (Å²) in [6.45, 7) is 0. The monoisotopic (exact) mass is 508 g/mol. The van der Waals surface area contributed by atoms with Crippen LogP contribution in [-0.4, -0.2) is 9.13 Å². The molecule has 0 aliphatic rings. The van der Waals surface area contributed by atoms with Crippen LogP contribution in [0.3, 0.4) is 0 Å². The summed E-state index contributed by atoms with van der Waals surface area (Å²) in [5, 5.41) is 10.2. The number of para-hydroxylation sites is 2. The number of hydrogen-bond acceptors (Lipinski definition) is 0. The standard InChI is InChI=1S/C38H24N2/c1-2-13-28(14-3-1)39-35-21-19-26-11-6-7-15-30(26)38(35)33-23-32-31-16-8-9-17-34(31)40(36(32)24-37(33)39)29-20-18-25-10-4-5-12-27(25)22-29/h1-24H. The Hall–Kier alpha value is -5.34. The molecule has 0 aliphatic heterocycles. The molecule has 0 saturated carbocycles. The summed E-state index contributed by atoms with van der Waals surface area (Å²) >= 11 is 0. The number of rotatable bonds is 2. The molecule has 2 aromatic heterocycles. The minimum atomic E-state index is 1.17. The Morgan fingerprint density at radius 3 is 1.82 bits per heavy atom. The fraction of sp³-hybridized carbons (Fsp3) is 0. The van der Waals surface area contributed by atoms with Crippen LogP contribution in [0.4, 0.5) is 0 Å². The molecule has 9 aromatic rings. The quantitative estimate of drug-likeness (QED) is 0.220. The van der Waals surface area contributed by atoms with Gasteiger partial charge in [-0.05, 0) is 70.1 Å². The second kappa shape index (κ2) is 8.08. The minimum absolute atomic E-state index is 1.17. The van der Waals surface area contributed by atoms with Crippen LogP contribution in [-0.2, 0) is 0 Å². The Morgan fingerprint density at radius 1 is 0.300 bits per heavy atom. The number of aromatic nitrogens is 2. The van der Waals surface area contributed by atoms with Crippen molar-refractivity contribution >= 4 is 65.2 Å². The molecule has 7 aromatic carbocycles. The van der Waals surface area contributed by atoms with Crippen molar-refractivity contribution < 1.29 is 0 Å². The molecule has 0 amide bonds. The minimum Gasteiger partial charge on any atom is -0.309 e. The van der Waals surface area contributed by atoms with Crippen LogP contribution in [0, 0.1) is 0 Å². The van der Waals surface area contributed by atoms with E-state index in [4.69, 9.17) is 0 Å². The molecule has 40 heavy (non-hydrogen) atoms. The normalized spacial score (nSPS) is 12.0. The molecular formula is C38H24N2. The van der Waals surface area contributed by atoms with Crippen molar-refractivity contribution in [1.29, 1.82) is 0 Å². The van der Waals surface area contributed by atoms with Crippen molar-refractivity contribution in [3.05, 3.63) is 146 Å². The topological polar surface area (TPSA) is 9.86 Å². The highest BCUT2D eigenvalue weighted by atomic mass is 15.0. The zero-order chi connectivity index (χ0) is 26.2. The highest BCUT2D eigenvalue weighted by Crippen LogP contribution is 2.41. The molecule has 0 fully saturated rings. The van der Waals surface area contributed by atoms with Gasteiger partial charge in [-0.25, -0.2) is 0 Å². The van der Waals surface area contributed by atoms with Crippen molar-refractivity contribution in [2.75, 3.05) is 0 Å². The van der Waals surface area contributed by atoms with Gasteiger partial charge in [-0.15, -0.1) is 0 Å². The third kappa shape index (κ3) is 2.93. The van der Waals surface area contributed by atoms with Crippen molar-refractivity contribution in [2.24, 2.45) is 0 Å². The molecule has 0 N–H and O–H groups in total. The number of hydrogen-bond donors (Lipinski definition) is 0. The van der Waals surface area contributed by atoms with Crippen LogP contribution in [0.15, 0.2) is 146 Å². The maximum Gasteiger partial charge on any atom is 0.0562 e. The van der Waals surface area contributed by atoms with Crippen LogP contribution in [0.1, 0.15) is 0 Å². The molecule has 0 radical (unpaired) electrons. The number of fused-ring (bicyclic) bond motifs is 9. The third-order valence-corrected chi connectivity index (χ3v) is 8.45. The summed E-state index contributed by atoms with van der Waals surface area (Å²) in [7, 11) is 0. The van der Waals surface area contributed by atoms with Crippen LogP contribution >= 0.6 is 0 Å². The van der Waals surface area contributed by atoms with E-state index in [9.17, 15) is 0 Å². The lowest BCUT2D eigenvalue weighted by atomic mass is 10.0. The van der Waals surface area contributed by atoms with E-state index in [1.807, 2.05) is 0 Å². The third-order valence-electron chi connectivity index (χ3n) is 8.45. The molecule has 0 saturated heterocycles. The van der Waals surface area contributed by atoms with E-state index in [1.165, 1.54) is 76.5 Å². The first-order valence-electron chi connectivity index (χ1n) is 13.8. The van der Waals surface area contributed by atoms with E-state index in [0.29, 0.717) is 0 Å². The summed E-state index contributed by atoms with van der Waals surface area (Å²) < 4.78 is 4.86. The zero-order valence-corrected chi connectivity index (χ0v) is 21.8. The van der Waals surface area contributed by atoms with E-state index in [-0.39, 0.29) is 0 Å². The molecule has 0 atom stereocenters. The molecule has 0 aliphatic carbocycles. The lowest BCUT2D eigenvalue weighted by molar-refractivity contribution is 1.17. The van der Waals surface area contributed by atoms with Gasteiger partial charge in [0.2, 0.25) is 0 Å². The molecule has 2 heterocycles. The Morgan fingerprint density at radius 2 is 0.950 bits per heavy atom. The van der Waals surface area contributed by atoms with Gasteiger partial charge in [0.25, 0.3) is 0 Å². The fourth-order valence-electron chi connectivity index (χ4n) is 6.70. The van der Waals surface area contributed by atoms with Gasteiger partial charge < -0.3 is 9.13 Å². The Kier molecular flexibility index (Phi) is 4.36. The predicted octanol–water partition coefficient (Wildman–Crippen LogP) is 10.2. The molecule has 2 nitrogen and oxygen atoms in total. The van der Waals surface area contributed by atoms with Crippen molar-refractivity contribution in [3.8, 4) is 11.4 Å². The zero-order valence-electron chi connectivity index (χ0n) is 21.8. The largest absolute Gasteiger partial charge is 0.309 e. The molecule has 0 unspecified atom stereocenters. The molecule has 186 valence electrons. The summed E-state index contributed by atoms with van der Waals surface area (Å²) in [4.78, 5) is 0. The van der Waals surface area contributed by atoms with E-state index >= 15 is 0 Å². The van der Waals surface area contributed by atoms with E-state index in [0.717, 1.165) is 0 Å². The van der Waals surface area contributed by atoms with Crippen LogP contribution in [0.25, 0.3) is 76.5 Å². The molecule has 9 rings (SSSR count). The first-order valence-corrected chi connectivity index (χ1v) is 13.8. The summed E-state index contributed by atoms with van der Waals surface area (Å²) in [5.41, 5.74) is 7.24. The van der Waals surface area contributed by atoms with Gasteiger partial charge in [-0.2, -0.15) is 0 Å². The molecular weight excluding hydrogens is 484 g/mol. The van der Waals surface area contributed by atoms with Crippen LogP contribution < -0.4 is 0 Å². The van der Waals surface area contributed by atoms with Crippen molar-refractivity contribution in [1.82, 2.24) is 9.13 Å². The molecule has 2 heteroatoms. The molecule has 0 spiro atoms. The van der Waals surface area contributed by atoms with Gasteiger partial charge >= 0.3 is 0 Å². The number of benzene rings is 7. The van der Waals surface area contributed by atoms with Crippen molar-refractivity contribution in [2.45, 2.75) is 0 Å². The highest BCUT2D eigenvalue weighted by molar-refractivity contribution is 6.25. The van der Waals surface area contributed by atoms with E-state index < -0.39 is 0 Å². The van der Waals surface area contributed by atoms with Crippen molar-refractivity contribution in [3.63, 3.8) is 0 Å². The first kappa shape index (κ1) is 21.6. The van der Waals surface area contributed by atoms with Crippen LogP contribution in [0.5, 0.6) is 0 Å². The van der Waals surface area contributed by atoms with Gasteiger partial charge in [-0.3, -0.25) is 0 Å². The Labute approximate surface area is 230 Å². The van der Waals surface area contributed by atoms with E-state index in [2.05, 4.69) is 155 Å². The van der Waals surface area contributed by atoms with Gasteiger partial charge in [0, 0.05) is 32.9 Å². The lowest BCUT2D eigenvalue weighted by Gasteiger charge is -2.11. The maximum absolute atomic E-state index is 2.43. The summed E-state index contributed by atoms with van der Waals surface area (Å²) in [6, 6.07) is 53.0. The fourth-order valence-corrected chi connectivity index (χ4v) is 6.70. The summed E-state index contributed by atoms with van der Waals surface area (Å²) in [5.74, 6) is 0. The number of nitrogens with zero attached hydrogens (tertiary/aromatic N) is 2. The Balaban J connectivity index is 1.49. The van der Waals surface area contributed by atoms with Gasteiger partial charge in [0.1, 0.15) is 0 Å². The predicted molar refractivity (Wildman–Crippen MR) is 170 cm³/mol. The lowest BCUT2D eigenvalue weighted by Crippen LogP contribution is -1.95. The van der Waals surface area contributed by atoms with Gasteiger partial charge in [0.15, 0.2) is 0 Å². The molecule has 0 bridgehead atoms. The second-order valence-corrected chi connectivity index (χ2v) is 10.6. The highest BCUT2D eigenvalue weighted by Gasteiger charge is 2.19. The Bertz CT molecular complexity index is 2420. The SMILES string of the molecule is c1ccc(-n2c3cc4c(cc3c3c5ccccc5ccc32)c2ccccc2n4-c2ccc3ccccc3c2)cc1. The second-order valence-electron chi connectivity index (χ2n) is 10.6. The average molecular weight is 509 g/mol. The maximum atomic E-state index is 2.43. The average Bonchev–Trinajstić information content (AvgIpc) is 3.52. The smallest absolute Gasteiger partial charge is 0.0562 e. The van der Waals surface area contributed by atoms with Gasteiger partial charge in [-0.1, -0.05) is 97.1 Å². The summed E-state index contributed by atoms with van der Waals surface area (Å²) in [6.07, 6.45) is 0. The van der Waals surface area contributed by atoms with E-state index in [1.54, 1.807) is 0 Å².